The maximum Gasteiger partial charge on any atom is 0.294 e. The quantitative estimate of drug-likeness (QED) is 0.190. The summed E-state index contributed by atoms with van der Waals surface area (Å²) in [7, 11) is -4.19. The van der Waals surface area contributed by atoms with Crippen molar-refractivity contribution in [1.29, 1.82) is 0 Å². The third kappa shape index (κ3) is 9.23. The molecule has 0 aliphatic rings. The molecule has 0 saturated heterocycles. The van der Waals surface area contributed by atoms with Crippen LogP contribution < -0.4 is 0 Å². The van der Waals surface area contributed by atoms with Gasteiger partial charge in [0.1, 0.15) is 0 Å². The molecule has 2 aromatic carbocycles. The van der Waals surface area contributed by atoms with Crippen molar-refractivity contribution in [1.82, 2.24) is 0 Å². The van der Waals surface area contributed by atoms with Crippen LogP contribution in [0.4, 0.5) is 0 Å². The Balaban J connectivity index is 2.09. The van der Waals surface area contributed by atoms with Crippen LogP contribution in [0.15, 0.2) is 35.2 Å². The summed E-state index contributed by atoms with van der Waals surface area (Å²) in [5.41, 5.74) is 2.64. The average molecular weight is 461 g/mol. The minimum absolute atomic E-state index is 0.00103. The molecule has 0 aromatic heterocycles. The Kier molecular flexibility index (Phi) is 12.3. The third-order valence-corrected chi connectivity index (χ3v) is 7.43. The van der Waals surface area contributed by atoms with E-state index < -0.39 is 10.1 Å². The number of unbranched alkanes of at least 4 members (excludes halogenated alkanes) is 12. The van der Waals surface area contributed by atoms with Crippen LogP contribution in [0.3, 0.4) is 0 Å². The normalized spacial score (nSPS) is 12.0. The molecule has 2 aromatic rings. The number of fused-ring (bicyclic) bond motifs is 1. The van der Waals surface area contributed by atoms with E-state index in [0.29, 0.717) is 0 Å². The van der Waals surface area contributed by atoms with E-state index in [9.17, 15) is 13.0 Å². The molecule has 0 bridgehead atoms. The second kappa shape index (κ2) is 14.7. The zero-order chi connectivity index (χ0) is 23.2. The lowest BCUT2D eigenvalue weighted by atomic mass is 9.91. The van der Waals surface area contributed by atoms with Crippen molar-refractivity contribution in [3.05, 3.63) is 41.5 Å². The van der Waals surface area contributed by atoms with Gasteiger partial charge in [0.25, 0.3) is 10.1 Å². The zero-order valence-corrected chi connectivity index (χ0v) is 21.2. The highest BCUT2D eigenvalue weighted by atomic mass is 32.2. The van der Waals surface area contributed by atoms with Gasteiger partial charge in [0.05, 0.1) is 4.90 Å². The summed E-state index contributed by atoms with van der Waals surface area (Å²) in [6.07, 6.45) is 19.9. The Morgan fingerprint density at radius 2 is 1.16 bits per heavy atom. The third-order valence-electron chi connectivity index (χ3n) is 6.58. The monoisotopic (exact) mass is 460 g/mol. The van der Waals surface area contributed by atoms with Crippen LogP contribution in [-0.4, -0.2) is 13.0 Å². The molecule has 3 nitrogen and oxygen atoms in total. The predicted octanol–water partition coefficient (Wildman–Crippen LogP) is 8.67. The lowest BCUT2D eigenvalue weighted by Crippen LogP contribution is -2.01. The Bertz CT molecular complexity index is 902. The molecule has 32 heavy (non-hydrogen) atoms. The lowest BCUT2D eigenvalue weighted by Gasteiger charge is -2.14. The maximum atomic E-state index is 11.7. The molecular weight excluding hydrogens is 416 g/mol. The summed E-state index contributed by atoms with van der Waals surface area (Å²) >= 11 is 0. The van der Waals surface area contributed by atoms with Crippen molar-refractivity contribution >= 4 is 20.9 Å². The summed E-state index contributed by atoms with van der Waals surface area (Å²) in [5.74, 6) is 0. The Morgan fingerprint density at radius 1 is 0.656 bits per heavy atom. The topological polar surface area (TPSA) is 54.4 Å². The van der Waals surface area contributed by atoms with Crippen LogP contribution in [0.25, 0.3) is 10.8 Å². The van der Waals surface area contributed by atoms with E-state index in [1.165, 1.54) is 101 Å². The highest BCUT2D eigenvalue weighted by molar-refractivity contribution is 7.85. The van der Waals surface area contributed by atoms with Gasteiger partial charge in [-0.1, -0.05) is 109 Å². The predicted molar refractivity (Wildman–Crippen MR) is 137 cm³/mol. The number of hydrogen-bond acceptors (Lipinski definition) is 2. The van der Waals surface area contributed by atoms with Gasteiger partial charge >= 0.3 is 0 Å². The summed E-state index contributed by atoms with van der Waals surface area (Å²) in [6, 6.07) is 9.35. The second-order valence-corrected chi connectivity index (χ2v) is 10.7. The Hall–Kier alpha value is -1.39. The Labute approximate surface area is 196 Å². The summed E-state index contributed by atoms with van der Waals surface area (Å²) in [4.78, 5) is -0.00103. The molecule has 0 unspecified atom stereocenters. The van der Waals surface area contributed by atoms with Crippen LogP contribution in [0.2, 0.25) is 0 Å². The highest BCUT2D eigenvalue weighted by Crippen LogP contribution is 2.28. The van der Waals surface area contributed by atoms with E-state index in [2.05, 4.69) is 26.0 Å². The highest BCUT2D eigenvalue weighted by Gasteiger charge is 2.14. The number of hydrogen-bond donors (Lipinski definition) is 1. The fraction of sp³-hybridized carbons (Fsp3) is 0.643. The van der Waals surface area contributed by atoms with Crippen LogP contribution in [-0.2, 0) is 23.0 Å². The van der Waals surface area contributed by atoms with Gasteiger partial charge in [0, 0.05) is 0 Å². The van der Waals surface area contributed by atoms with Crippen LogP contribution in [0.5, 0.6) is 0 Å². The molecule has 4 heteroatoms. The first kappa shape index (κ1) is 26.9. The fourth-order valence-electron chi connectivity index (χ4n) is 4.63. The van der Waals surface area contributed by atoms with Crippen LogP contribution in [0, 0.1) is 0 Å². The number of aryl methyl sites for hydroxylation is 2. The van der Waals surface area contributed by atoms with Crippen molar-refractivity contribution in [2.75, 3.05) is 0 Å². The Morgan fingerprint density at radius 3 is 1.72 bits per heavy atom. The van der Waals surface area contributed by atoms with Crippen molar-refractivity contribution in [3.8, 4) is 0 Å². The van der Waals surface area contributed by atoms with Gasteiger partial charge in [0.2, 0.25) is 0 Å². The molecule has 2 rings (SSSR count). The van der Waals surface area contributed by atoms with Crippen molar-refractivity contribution < 1.29 is 13.0 Å². The lowest BCUT2D eigenvalue weighted by molar-refractivity contribution is 0.483. The molecule has 0 radical (unpaired) electrons. The van der Waals surface area contributed by atoms with E-state index in [1.807, 2.05) is 6.07 Å². The van der Waals surface area contributed by atoms with Gasteiger partial charge in [-0.05, 0) is 59.7 Å². The maximum absolute atomic E-state index is 11.7. The van der Waals surface area contributed by atoms with Crippen LogP contribution in [0.1, 0.15) is 115 Å². The van der Waals surface area contributed by atoms with Crippen molar-refractivity contribution in [2.24, 2.45) is 0 Å². The molecule has 180 valence electrons. The first-order valence-electron chi connectivity index (χ1n) is 13.0. The molecule has 0 amide bonds. The van der Waals surface area contributed by atoms with Crippen molar-refractivity contribution in [2.45, 2.75) is 121 Å². The molecule has 1 N–H and O–H groups in total. The molecule has 0 saturated carbocycles. The number of benzene rings is 2. The second-order valence-electron chi connectivity index (χ2n) is 9.30. The van der Waals surface area contributed by atoms with Gasteiger partial charge in [-0.3, -0.25) is 4.55 Å². The number of rotatable bonds is 17. The van der Waals surface area contributed by atoms with E-state index in [0.717, 1.165) is 30.0 Å². The van der Waals surface area contributed by atoms with Crippen molar-refractivity contribution in [3.63, 3.8) is 0 Å². The molecule has 0 heterocycles. The average Bonchev–Trinajstić information content (AvgIpc) is 2.77. The standard InChI is InChI=1S/C28H44O3S/c1-3-5-7-9-11-13-15-17-24-19-20-25-21-22-26(32(29,30)31)23-28(25)27(24)18-16-14-12-10-8-6-4-2/h19-23H,3-18H2,1-2H3,(H,29,30,31). The van der Waals surface area contributed by atoms with Crippen LogP contribution >= 0.6 is 0 Å². The minimum Gasteiger partial charge on any atom is -0.282 e. The molecule has 0 aliphatic heterocycles. The SMILES string of the molecule is CCCCCCCCCc1ccc2ccc(S(=O)(=O)O)cc2c1CCCCCCCCC. The van der Waals surface area contributed by atoms with Gasteiger partial charge in [-0.25, -0.2) is 0 Å². The molecule has 0 fully saturated rings. The van der Waals surface area contributed by atoms with E-state index in [4.69, 9.17) is 0 Å². The molecule has 0 aliphatic carbocycles. The first-order chi connectivity index (χ1) is 15.5. The smallest absolute Gasteiger partial charge is 0.282 e. The van der Waals surface area contributed by atoms with Gasteiger partial charge in [-0.15, -0.1) is 0 Å². The van der Waals surface area contributed by atoms with E-state index in [1.54, 1.807) is 6.07 Å². The van der Waals surface area contributed by atoms with E-state index >= 15 is 0 Å². The van der Waals surface area contributed by atoms with Gasteiger partial charge in [0.15, 0.2) is 0 Å². The molecular formula is C28H44O3S. The largest absolute Gasteiger partial charge is 0.294 e. The summed E-state index contributed by atoms with van der Waals surface area (Å²) in [5, 5.41) is 2.05. The van der Waals surface area contributed by atoms with Gasteiger partial charge < -0.3 is 0 Å². The first-order valence-corrected chi connectivity index (χ1v) is 14.4. The minimum atomic E-state index is -4.19. The summed E-state index contributed by atoms with van der Waals surface area (Å²) in [6.45, 7) is 4.49. The zero-order valence-electron chi connectivity index (χ0n) is 20.4. The van der Waals surface area contributed by atoms with Gasteiger partial charge in [-0.2, -0.15) is 8.42 Å². The molecule has 0 spiro atoms. The summed E-state index contributed by atoms with van der Waals surface area (Å²) < 4.78 is 33.0. The fourth-order valence-corrected chi connectivity index (χ4v) is 5.13. The molecule has 0 atom stereocenters. The van der Waals surface area contributed by atoms with E-state index in [-0.39, 0.29) is 4.90 Å².